The quantitative estimate of drug-likeness (QED) is 0.669. The van der Waals surface area contributed by atoms with Gasteiger partial charge in [-0.1, -0.05) is 19.3 Å². The number of urea groups is 1. The van der Waals surface area contributed by atoms with Crippen molar-refractivity contribution in [2.45, 2.75) is 69.6 Å². The molecule has 1 aliphatic carbocycles. The molecule has 2 aliphatic heterocycles. The van der Waals surface area contributed by atoms with Crippen molar-refractivity contribution in [1.82, 2.24) is 15.5 Å². The molecular formula is C25H32F3N5O2. The predicted molar refractivity (Wildman–Crippen MR) is 125 cm³/mol. The normalized spacial score (nSPS) is 22.7. The van der Waals surface area contributed by atoms with Gasteiger partial charge >= 0.3 is 12.2 Å². The van der Waals surface area contributed by atoms with Crippen LogP contribution in [0, 0.1) is 16.7 Å². The van der Waals surface area contributed by atoms with Crippen LogP contribution in [0.2, 0.25) is 0 Å². The number of benzene rings is 1. The number of likely N-dealkylation sites (N-methyl/N-ethyl adjacent to an activating group) is 1. The fourth-order valence-corrected chi connectivity index (χ4v) is 5.83. The Labute approximate surface area is 203 Å². The van der Waals surface area contributed by atoms with Crippen molar-refractivity contribution in [3.63, 3.8) is 0 Å². The van der Waals surface area contributed by atoms with E-state index in [1.807, 2.05) is 4.90 Å². The fraction of sp³-hybridized carbons (Fsp3) is 0.640. The van der Waals surface area contributed by atoms with E-state index in [9.17, 15) is 22.8 Å². The van der Waals surface area contributed by atoms with E-state index in [-0.39, 0.29) is 29.1 Å². The second-order valence-electron chi connectivity index (χ2n) is 10.1. The number of alkyl halides is 3. The van der Waals surface area contributed by atoms with Crippen LogP contribution in [-0.2, 0) is 11.0 Å². The zero-order valence-electron chi connectivity index (χ0n) is 20.0. The van der Waals surface area contributed by atoms with Gasteiger partial charge in [-0.25, -0.2) is 4.79 Å². The van der Waals surface area contributed by atoms with Gasteiger partial charge < -0.3 is 20.4 Å². The summed E-state index contributed by atoms with van der Waals surface area (Å²) < 4.78 is 40.7. The highest BCUT2D eigenvalue weighted by Crippen LogP contribution is 2.46. The first-order chi connectivity index (χ1) is 16.7. The summed E-state index contributed by atoms with van der Waals surface area (Å²) >= 11 is 0. The standard InChI is InChI=1S/C25H32F3N5O2/c1-30-22(34)21-14-24(9-11-32(12-10-24)23(35)31-18-5-3-2-4-6-18)16-33(21)19-8-7-17(15-29)20(13-19)25(26,27)28/h7-8,13,18,21H,2-6,9-12,14,16H2,1H3,(H,30,34)(H,31,35). The maximum atomic E-state index is 13.6. The number of nitriles is 1. The SMILES string of the molecule is CNC(=O)C1CC2(CCN(C(=O)NC3CCCCC3)CC2)CN1c1ccc(C#N)c(C(F)(F)F)c1. The molecule has 3 amide bonds. The van der Waals surface area contributed by atoms with Crippen molar-refractivity contribution >= 4 is 17.6 Å². The lowest BCUT2D eigenvalue weighted by Crippen LogP contribution is -2.50. The Hall–Kier alpha value is -2.96. The molecular weight excluding hydrogens is 459 g/mol. The topological polar surface area (TPSA) is 88.5 Å². The van der Waals surface area contributed by atoms with Gasteiger partial charge in [0.2, 0.25) is 5.91 Å². The molecule has 1 saturated carbocycles. The van der Waals surface area contributed by atoms with E-state index in [2.05, 4.69) is 10.6 Å². The molecule has 35 heavy (non-hydrogen) atoms. The number of hydrogen-bond acceptors (Lipinski definition) is 4. The Morgan fingerprint density at radius 2 is 1.83 bits per heavy atom. The average Bonchev–Trinajstić information content (AvgIpc) is 3.22. The number of carbonyl (C=O) groups is 2. The lowest BCUT2D eigenvalue weighted by atomic mass is 9.76. The lowest BCUT2D eigenvalue weighted by Gasteiger charge is -2.40. The molecule has 0 bridgehead atoms. The number of hydrogen-bond donors (Lipinski definition) is 2. The summed E-state index contributed by atoms with van der Waals surface area (Å²) in [6.07, 6.45) is 2.70. The molecule has 0 radical (unpaired) electrons. The smallest absolute Gasteiger partial charge is 0.359 e. The van der Waals surface area contributed by atoms with Crippen LogP contribution in [0.1, 0.15) is 62.5 Å². The van der Waals surface area contributed by atoms with E-state index in [1.54, 1.807) is 11.0 Å². The molecule has 3 aliphatic rings. The maximum absolute atomic E-state index is 13.6. The number of carbonyl (C=O) groups excluding carboxylic acids is 2. The second kappa shape index (κ2) is 9.96. The molecule has 3 fully saturated rings. The molecule has 1 atom stereocenters. The van der Waals surface area contributed by atoms with E-state index in [0.29, 0.717) is 38.9 Å². The largest absolute Gasteiger partial charge is 0.417 e. The summed E-state index contributed by atoms with van der Waals surface area (Å²) in [6.45, 7) is 1.52. The Bertz CT molecular complexity index is 992. The van der Waals surface area contributed by atoms with Crippen LogP contribution >= 0.6 is 0 Å². The fourth-order valence-electron chi connectivity index (χ4n) is 5.83. The van der Waals surface area contributed by atoms with Gasteiger partial charge in [-0.3, -0.25) is 4.79 Å². The van der Waals surface area contributed by atoms with Gasteiger partial charge in [-0.15, -0.1) is 0 Å². The molecule has 2 saturated heterocycles. The van der Waals surface area contributed by atoms with Gasteiger partial charge in [0.25, 0.3) is 0 Å². The number of amides is 3. The summed E-state index contributed by atoms with van der Waals surface area (Å²) in [6, 6.07) is 4.79. The molecule has 1 aromatic carbocycles. The van der Waals surface area contributed by atoms with Crippen molar-refractivity contribution < 1.29 is 22.8 Å². The minimum atomic E-state index is -4.67. The molecule has 1 unspecified atom stereocenters. The predicted octanol–water partition coefficient (Wildman–Crippen LogP) is 4.03. The van der Waals surface area contributed by atoms with Crippen LogP contribution in [-0.4, -0.2) is 55.6 Å². The first-order valence-corrected chi connectivity index (χ1v) is 12.3. The number of likely N-dealkylation sites (tertiary alicyclic amines) is 1. The summed E-state index contributed by atoms with van der Waals surface area (Å²) in [4.78, 5) is 29.0. The molecule has 190 valence electrons. The molecule has 2 heterocycles. The third kappa shape index (κ3) is 5.34. The van der Waals surface area contributed by atoms with E-state index in [4.69, 9.17) is 5.26 Å². The minimum absolute atomic E-state index is 0.0497. The monoisotopic (exact) mass is 491 g/mol. The lowest BCUT2D eigenvalue weighted by molar-refractivity contribution is -0.137. The van der Waals surface area contributed by atoms with Gasteiger partial charge in [-0.2, -0.15) is 18.4 Å². The van der Waals surface area contributed by atoms with Crippen LogP contribution in [0.3, 0.4) is 0 Å². The number of rotatable bonds is 3. The third-order valence-electron chi connectivity index (χ3n) is 7.86. The maximum Gasteiger partial charge on any atom is 0.417 e. The molecule has 1 aromatic rings. The van der Waals surface area contributed by atoms with Gasteiger partial charge in [0.15, 0.2) is 0 Å². The highest BCUT2D eigenvalue weighted by Gasteiger charge is 2.49. The van der Waals surface area contributed by atoms with Crippen molar-refractivity contribution in [2.24, 2.45) is 5.41 Å². The number of halogens is 3. The first-order valence-electron chi connectivity index (χ1n) is 12.3. The van der Waals surface area contributed by atoms with E-state index >= 15 is 0 Å². The summed E-state index contributed by atoms with van der Waals surface area (Å²) in [5, 5.41) is 14.9. The highest BCUT2D eigenvalue weighted by atomic mass is 19.4. The number of nitrogens with one attached hydrogen (secondary N) is 2. The molecule has 0 aromatic heterocycles. The molecule has 10 heteroatoms. The van der Waals surface area contributed by atoms with Crippen LogP contribution in [0.4, 0.5) is 23.7 Å². The van der Waals surface area contributed by atoms with Gasteiger partial charge in [0, 0.05) is 38.4 Å². The third-order valence-corrected chi connectivity index (χ3v) is 7.86. The Balaban J connectivity index is 1.49. The highest BCUT2D eigenvalue weighted by molar-refractivity contribution is 5.86. The van der Waals surface area contributed by atoms with Crippen LogP contribution in [0.15, 0.2) is 18.2 Å². The summed E-state index contributed by atoms with van der Waals surface area (Å²) in [5.74, 6) is -0.253. The summed E-state index contributed by atoms with van der Waals surface area (Å²) in [7, 11) is 1.52. The molecule has 1 spiro atoms. The minimum Gasteiger partial charge on any atom is -0.359 e. The van der Waals surface area contributed by atoms with Crippen LogP contribution in [0.25, 0.3) is 0 Å². The van der Waals surface area contributed by atoms with Crippen molar-refractivity contribution in [1.29, 1.82) is 5.26 Å². The Morgan fingerprint density at radius 3 is 2.43 bits per heavy atom. The van der Waals surface area contributed by atoms with Crippen molar-refractivity contribution in [2.75, 3.05) is 31.6 Å². The molecule has 4 rings (SSSR count). The van der Waals surface area contributed by atoms with Gasteiger partial charge in [0.05, 0.1) is 17.2 Å². The average molecular weight is 492 g/mol. The zero-order valence-corrected chi connectivity index (χ0v) is 20.0. The Morgan fingerprint density at radius 1 is 1.14 bits per heavy atom. The number of nitrogens with zero attached hydrogens (tertiary/aromatic N) is 3. The second-order valence-corrected chi connectivity index (χ2v) is 10.1. The zero-order chi connectivity index (χ0) is 25.2. The van der Waals surface area contributed by atoms with E-state index in [1.165, 1.54) is 25.6 Å². The van der Waals surface area contributed by atoms with Crippen LogP contribution < -0.4 is 15.5 Å². The van der Waals surface area contributed by atoms with E-state index < -0.39 is 23.3 Å². The number of piperidine rings is 1. The van der Waals surface area contributed by atoms with E-state index in [0.717, 1.165) is 31.7 Å². The molecule has 2 N–H and O–H groups in total. The van der Waals surface area contributed by atoms with Crippen LogP contribution in [0.5, 0.6) is 0 Å². The first kappa shape index (κ1) is 25.1. The summed E-state index contributed by atoms with van der Waals surface area (Å²) in [5.41, 5.74) is -1.43. The van der Waals surface area contributed by atoms with Crippen molar-refractivity contribution in [3.05, 3.63) is 29.3 Å². The van der Waals surface area contributed by atoms with Crippen molar-refractivity contribution in [3.8, 4) is 6.07 Å². The number of anilines is 1. The molecule has 7 nitrogen and oxygen atoms in total. The van der Waals surface area contributed by atoms with Gasteiger partial charge in [0.1, 0.15) is 6.04 Å². The Kier molecular flexibility index (Phi) is 7.15. The van der Waals surface area contributed by atoms with Gasteiger partial charge in [-0.05, 0) is 55.7 Å².